The molecule has 2 heterocycles. The van der Waals surface area contributed by atoms with E-state index in [0.717, 1.165) is 31.6 Å². The maximum atomic E-state index is 12.7. The summed E-state index contributed by atoms with van der Waals surface area (Å²) in [5.41, 5.74) is 0.485. The minimum absolute atomic E-state index is 0.0465. The van der Waals surface area contributed by atoms with Crippen LogP contribution >= 0.6 is 0 Å². The van der Waals surface area contributed by atoms with Crippen molar-refractivity contribution >= 4 is 0 Å². The minimum Gasteiger partial charge on any atom is -0.506 e. The number of hydrogen-bond acceptors (Lipinski definition) is 5. The van der Waals surface area contributed by atoms with Crippen LogP contribution in [0.3, 0.4) is 0 Å². The van der Waals surface area contributed by atoms with Gasteiger partial charge in [0.1, 0.15) is 11.9 Å². The van der Waals surface area contributed by atoms with Gasteiger partial charge in [-0.15, -0.1) is 0 Å². The molecule has 0 bridgehead atoms. The molecule has 1 aliphatic heterocycles. The van der Waals surface area contributed by atoms with Crippen LogP contribution in [0.4, 0.5) is 13.2 Å². The number of aliphatic hydroxyl groups is 2. The van der Waals surface area contributed by atoms with Crippen molar-refractivity contribution in [1.29, 1.82) is 0 Å². The topological polar surface area (TPSA) is 76.8 Å². The molecule has 1 unspecified atom stereocenters. The standard InChI is InChI=1S/C23H29F3N2O3/c1-2-16-12-28(14-22(31)21-8-7-19(29)11-27-21)13-17(16)10-20(30)9-15-3-5-18(6-4-15)23(24,25)26/h3-8,11,16-17,20,22,29-31H,2,9-10,12-14H2,1H3/t16-,17+,20-,22?/m1/s1. The van der Waals surface area contributed by atoms with E-state index in [-0.39, 0.29) is 11.7 Å². The summed E-state index contributed by atoms with van der Waals surface area (Å²) >= 11 is 0. The first-order chi connectivity index (χ1) is 14.7. The van der Waals surface area contributed by atoms with Crippen molar-refractivity contribution in [2.24, 2.45) is 11.8 Å². The molecule has 8 heteroatoms. The lowest BCUT2D eigenvalue weighted by atomic mass is 9.87. The zero-order chi connectivity index (χ0) is 22.6. The van der Waals surface area contributed by atoms with E-state index in [2.05, 4.69) is 16.8 Å². The Balaban J connectivity index is 1.53. The van der Waals surface area contributed by atoms with Crippen LogP contribution in [0.25, 0.3) is 0 Å². The van der Waals surface area contributed by atoms with Gasteiger partial charge in [-0.25, -0.2) is 0 Å². The maximum absolute atomic E-state index is 12.7. The van der Waals surface area contributed by atoms with Crippen molar-refractivity contribution in [3.8, 4) is 5.75 Å². The van der Waals surface area contributed by atoms with E-state index in [0.29, 0.717) is 36.6 Å². The van der Waals surface area contributed by atoms with Crippen molar-refractivity contribution in [1.82, 2.24) is 9.88 Å². The lowest BCUT2D eigenvalue weighted by Gasteiger charge is -2.21. The number of benzene rings is 1. The number of rotatable bonds is 8. The van der Waals surface area contributed by atoms with E-state index in [4.69, 9.17) is 0 Å². The van der Waals surface area contributed by atoms with Crippen LogP contribution < -0.4 is 0 Å². The molecule has 3 rings (SSSR count). The van der Waals surface area contributed by atoms with Crippen LogP contribution in [0, 0.1) is 11.8 Å². The summed E-state index contributed by atoms with van der Waals surface area (Å²) in [6.07, 6.45) is -2.65. The Kier molecular flexibility index (Phi) is 7.56. The largest absolute Gasteiger partial charge is 0.506 e. The van der Waals surface area contributed by atoms with Crippen molar-refractivity contribution in [2.75, 3.05) is 19.6 Å². The quantitative estimate of drug-likeness (QED) is 0.585. The molecule has 1 saturated heterocycles. The summed E-state index contributed by atoms with van der Waals surface area (Å²) in [5, 5.41) is 30.3. The molecular formula is C23H29F3N2O3. The number of alkyl halides is 3. The Morgan fingerprint density at radius 3 is 2.32 bits per heavy atom. The molecule has 1 fully saturated rings. The van der Waals surface area contributed by atoms with Gasteiger partial charge in [-0.1, -0.05) is 25.5 Å². The first kappa shape index (κ1) is 23.5. The number of aliphatic hydroxyl groups excluding tert-OH is 2. The van der Waals surface area contributed by atoms with Crippen LogP contribution in [0.1, 0.15) is 42.7 Å². The molecule has 170 valence electrons. The third-order valence-corrected chi connectivity index (χ3v) is 6.05. The smallest absolute Gasteiger partial charge is 0.416 e. The van der Waals surface area contributed by atoms with Crippen LogP contribution in [-0.4, -0.2) is 50.9 Å². The first-order valence-electron chi connectivity index (χ1n) is 10.5. The fourth-order valence-electron chi connectivity index (χ4n) is 4.38. The Hall–Kier alpha value is -2.16. The van der Waals surface area contributed by atoms with Gasteiger partial charge in [0, 0.05) is 19.6 Å². The molecule has 0 saturated carbocycles. The molecule has 0 spiro atoms. The van der Waals surface area contributed by atoms with E-state index in [1.54, 1.807) is 6.07 Å². The fraction of sp³-hybridized carbons (Fsp3) is 0.522. The zero-order valence-corrected chi connectivity index (χ0v) is 17.5. The highest BCUT2D eigenvalue weighted by atomic mass is 19.4. The van der Waals surface area contributed by atoms with Gasteiger partial charge in [0.25, 0.3) is 0 Å². The number of nitrogens with zero attached hydrogens (tertiary/aromatic N) is 2. The summed E-state index contributed by atoms with van der Waals surface area (Å²) in [7, 11) is 0. The molecule has 5 nitrogen and oxygen atoms in total. The van der Waals surface area contributed by atoms with Crippen molar-refractivity contribution in [3.05, 3.63) is 59.4 Å². The second-order valence-electron chi connectivity index (χ2n) is 8.39. The molecular weight excluding hydrogens is 409 g/mol. The lowest BCUT2D eigenvalue weighted by Crippen LogP contribution is -2.27. The molecule has 0 aliphatic carbocycles. The van der Waals surface area contributed by atoms with Crippen LogP contribution in [0.5, 0.6) is 5.75 Å². The number of aromatic nitrogens is 1. The zero-order valence-electron chi connectivity index (χ0n) is 17.5. The summed E-state index contributed by atoms with van der Waals surface area (Å²) in [4.78, 5) is 6.21. The van der Waals surface area contributed by atoms with Crippen LogP contribution in [0.2, 0.25) is 0 Å². The number of likely N-dealkylation sites (tertiary alicyclic amines) is 1. The molecule has 1 aromatic carbocycles. The monoisotopic (exact) mass is 438 g/mol. The summed E-state index contributed by atoms with van der Waals surface area (Å²) in [5.74, 6) is 0.668. The molecule has 0 radical (unpaired) electrons. The Morgan fingerprint density at radius 2 is 1.74 bits per heavy atom. The number of aromatic hydroxyl groups is 1. The molecule has 1 aromatic heterocycles. The van der Waals surface area contributed by atoms with E-state index in [9.17, 15) is 28.5 Å². The van der Waals surface area contributed by atoms with Crippen molar-refractivity contribution < 1.29 is 28.5 Å². The molecule has 2 aromatic rings. The van der Waals surface area contributed by atoms with Gasteiger partial charge in [-0.2, -0.15) is 13.2 Å². The number of hydrogen-bond donors (Lipinski definition) is 3. The van der Waals surface area contributed by atoms with Gasteiger partial charge in [-0.05, 0) is 54.5 Å². The maximum Gasteiger partial charge on any atom is 0.416 e. The van der Waals surface area contributed by atoms with E-state index in [1.165, 1.54) is 24.4 Å². The molecule has 0 amide bonds. The molecule has 31 heavy (non-hydrogen) atoms. The fourth-order valence-corrected chi connectivity index (χ4v) is 4.38. The average Bonchev–Trinajstić information content (AvgIpc) is 3.09. The van der Waals surface area contributed by atoms with Gasteiger partial charge in [-0.3, -0.25) is 9.88 Å². The Morgan fingerprint density at radius 1 is 1.06 bits per heavy atom. The highest BCUT2D eigenvalue weighted by molar-refractivity contribution is 5.25. The Bertz CT molecular complexity index is 827. The highest BCUT2D eigenvalue weighted by Crippen LogP contribution is 2.32. The van der Waals surface area contributed by atoms with Gasteiger partial charge in [0.15, 0.2) is 0 Å². The lowest BCUT2D eigenvalue weighted by molar-refractivity contribution is -0.137. The second-order valence-corrected chi connectivity index (χ2v) is 8.39. The summed E-state index contributed by atoms with van der Waals surface area (Å²) in [6, 6.07) is 8.03. The number of β-amino-alcohol motifs (C(OH)–C–C–N with tert-alkyl or cyclic N) is 1. The van der Waals surface area contributed by atoms with Gasteiger partial charge >= 0.3 is 6.18 Å². The van der Waals surface area contributed by atoms with Crippen LogP contribution in [0.15, 0.2) is 42.6 Å². The predicted octanol–water partition coefficient (Wildman–Crippen LogP) is 3.79. The summed E-state index contributed by atoms with van der Waals surface area (Å²) < 4.78 is 38.1. The van der Waals surface area contributed by atoms with E-state index >= 15 is 0 Å². The Labute approximate surface area is 180 Å². The van der Waals surface area contributed by atoms with Gasteiger partial charge in [0.2, 0.25) is 0 Å². The van der Waals surface area contributed by atoms with E-state index in [1.807, 2.05) is 0 Å². The molecule has 1 aliphatic rings. The first-order valence-corrected chi connectivity index (χ1v) is 10.5. The average molecular weight is 438 g/mol. The van der Waals surface area contributed by atoms with E-state index < -0.39 is 23.9 Å². The minimum atomic E-state index is -4.36. The third-order valence-electron chi connectivity index (χ3n) is 6.05. The highest BCUT2D eigenvalue weighted by Gasteiger charge is 2.34. The third kappa shape index (κ3) is 6.41. The molecule has 3 N–H and O–H groups in total. The number of halogens is 3. The predicted molar refractivity (Wildman–Crippen MR) is 110 cm³/mol. The van der Waals surface area contributed by atoms with Crippen molar-refractivity contribution in [3.63, 3.8) is 0 Å². The van der Waals surface area contributed by atoms with Crippen molar-refractivity contribution in [2.45, 2.75) is 44.6 Å². The second kappa shape index (κ2) is 9.97. The SMILES string of the molecule is CC[C@@H]1CN(CC(O)c2ccc(O)cn2)C[C@@H]1C[C@H](O)Cc1ccc(C(F)(F)F)cc1. The number of pyridine rings is 1. The van der Waals surface area contributed by atoms with Crippen LogP contribution in [-0.2, 0) is 12.6 Å². The van der Waals surface area contributed by atoms with Gasteiger partial charge in [0.05, 0.1) is 23.6 Å². The molecule has 4 atom stereocenters. The summed E-state index contributed by atoms with van der Waals surface area (Å²) in [6.45, 7) is 4.06. The normalized spacial score (nSPS) is 21.9. The van der Waals surface area contributed by atoms with Gasteiger partial charge < -0.3 is 15.3 Å².